The molecule has 2 aliphatic rings. The number of hydrogen-bond donors (Lipinski definition) is 0. The van der Waals surface area contributed by atoms with E-state index in [1.807, 2.05) is 16.8 Å². The van der Waals surface area contributed by atoms with E-state index in [2.05, 4.69) is 37.5 Å². The zero-order valence-corrected chi connectivity index (χ0v) is 18.8. The van der Waals surface area contributed by atoms with Gasteiger partial charge in [-0.05, 0) is 58.7 Å². The van der Waals surface area contributed by atoms with Crippen molar-refractivity contribution in [2.75, 3.05) is 26.2 Å². The van der Waals surface area contributed by atoms with Crippen LogP contribution in [0.25, 0.3) is 0 Å². The van der Waals surface area contributed by atoms with Crippen molar-refractivity contribution in [1.82, 2.24) is 30.0 Å². The third kappa shape index (κ3) is 4.70. The number of benzene rings is 2. The molecule has 32 heavy (non-hydrogen) atoms. The number of piperazine rings is 1. The monoisotopic (exact) mass is 454 g/mol. The Kier molecular flexibility index (Phi) is 6.48. The van der Waals surface area contributed by atoms with Gasteiger partial charge in [0.25, 0.3) is 0 Å². The Morgan fingerprint density at radius 2 is 1.62 bits per heavy atom. The van der Waals surface area contributed by atoms with Gasteiger partial charge in [0.2, 0.25) is 0 Å². The second-order valence-corrected chi connectivity index (χ2v) is 9.22. The molecule has 1 atom stereocenters. The lowest BCUT2D eigenvalue weighted by atomic mass is 10.0. The third-order valence-electron chi connectivity index (χ3n) is 6.79. The molecule has 3 aromatic rings. The minimum Gasteiger partial charge on any atom is -0.298 e. The van der Waals surface area contributed by atoms with Crippen LogP contribution in [-0.2, 0) is 6.54 Å². The lowest BCUT2D eigenvalue weighted by molar-refractivity contribution is 0.0771. The fourth-order valence-electron chi connectivity index (χ4n) is 5.08. The summed E-state index contributed by atoms with van der Waals surface area (Å²) in [5, 5.41) is 13.4. The largest absolute Gasteiger partial charge is 0.298 e. The van der Waals surface area contributed by atoms with E-state index in [-0.39, 0.29) is 11.9 Å². The number of halogens is 2. The summed E-state index contributed by atoms with van der Waals surface area (Å²) in [6, 6.07) is 15.1. The number of aromatic nitrogens is 4. The van der Waals surface area contributed by atoms with Gasteiger partial charge in [0, 0.05) is 37.2 Å². The maximum atomic E-state index is 13.3. The molecule has 2 aromatic carbocycles. The van der Waals surface area contributed by atoms with Crippen LogP contribution >= 0.6 is 11.6 Å². The van der Waals surface area contributed by atoms with Crippen molar-refractivity contribution in [2.24, 2.45) is 0 Å². The minimum atomic E-state index is -0.245. The number of hydrogen-bond acceptors (Lipinski definition) is 5. The van der Waals surface area contributed by atoms with Gasteiger partial charge in [-0.25, -0.2) is 9.07 Å². The average molecular weight is 455 g/mol. The standard InChI is InChI=1S/C24H28ClFN6/c25-20-9-7-19(8-10-20)23(31-15-13-30(14-16-31)22-3-1-2-4-22)24-27-28-29-32(24)17-18-5-11-21(26)12-6-18/h5-12,22-23H,1-4,13-17H2. The van der Waals surface area contributed by atoms with E-state index in [1.165, 1.54) is 37.8 Å². The maximum Gasteiger partial charge on any atom is 0.173 e. The Hall–Kier alpha value is -2.35. The molecule has 6 nitrogen and oxygen atoms in total. The Balaban J connectivity index is 1.41. The first kappa shape index (κ1) is 21.5. The van der Waals surface area contributed by atoms with Crippen LogP contribution in [-0.4, -0.2) is 62.2 Å². The molecule has 8 heteroatoms. The van der Waals surface area contributed by atoms with Crippen molar-refractivity contribution in [3.05, 3.63) is 76.3 Å². The molecule has 2 heterocycles. The van der Waals surface area contributed by atoms with Gasteiger partial charge in [0.05, 0.1) is 12.6 Å². The lowest BCUT2D eigenvalue weighted by Gasteiger charge is -2.41. The summed E-state index contributed by atoms with van der Waals surface area (Å²) in [7, 11) is 0. The first-order valence-corrected chi connectivity index (χ1v) is 11.8. The Bertz CT molecular complexity index is 1010. The molecule has 5 rings (SSSR count). The molecular formula is C24H28ClFN6. The molecule has 0 amide bonds. The van der Waals surface area contributed by atoms with Crippen molar-refractivity contribution < 1.29 is 4.39 Å². The van der Waals surface area contributed by atoms with E-state index >= 15 is 0 Å². The van der Waals surface area contributed by atoms with Crippen molar-refractivity contribution in [3.63, 3.8) is 0 Å². The highest BCUT2D eigenvalue weighted by molar-refractivity contribution is 6.30. The summed E-state index contributed by atoms with van der Waals surface area (Å²) in [6.07, 6.45) is 5.37. The first-order valence-electron chi connectivity index (χ1n) is 11.4. The molecule has 0 radical (unpaired) electrons. The van der Waals surface area contributed by atoms with Gasteiger partial charge in [-0.3, -0.25) is 9.80 Å². The summed E-state index contributed by atoms with van der Waals surface area (Å²) in [6.45, 7) is 4.55. The molecule has 1 unspecified atom stereocenters. The number of nitrogens with zero attached hydrogens (tertiary/aromatic N) is 6. The zero-order valence-electron chi connectivity index (χ0n) is 18.1. The SMILES string of the molecule is Fc1ccc(Cn2nnnc2C(c2ccc(Cl)cc2)N2CCN(C3CCCC3)CC2)cc1. The van der Waals surface area contributed by atoms with Crippen LogP contribution in [0.5, 0.6) is 0 Å². The summed E-state index contributed by atoms with van der Waals surface area (Å²) in [5.41, 5.74) is 2.08. The molecule has 0 bridgehead atoms. The molecule has 1 saturated heterocycles. The fourth-order valence-corrected chi connectivity index (χ4v) is 5.21. The van der Waals surface area contributed by atoms with Crippen LogP contribution < -0.4 is 0 Å². The molecule has 168 valence electrons. The van der Waals surface area contributed by atoms with Crippen LogP contribution in [0.2, 0.25) is 5.02 Å². The van der Waals surface area contributed by atoms with E-state index in [1.54, 1.807) is 12.1 Å². The van der Waals surface area contributed by atoms with Crippen LogP contribution in [0, 0.1) is 5.82 Å². The van der Waals surface area contributed by atoms with Gasteiger partial charge < -0.3 is 0 Å². The molecular weight excluding hydrogens is 427 g/mol. The van der Waals surface area contributed by atoms with E-state index in [4.69, 9.17) is 11.6 Å². The van der Waals surface area contributed by atoms with E-state index < -0.39 is 0 Å². The predicted octanol–water partition coefficient (Wildman–Crippen LogP) is 4.16. The van der Waals surface area contributed by atoms with Crippen molar-refractivity contribution in [3.8, 4) is 0 Å². The Morgan fingerprint density at radius 1 is 0.938 bits per heavy atom. The lowest BCUT2D eigenvalue weighted by Crippen LogP contribution is -2.51. The normalized spacial score (nSPS) is 19.4. The van der Waals surface area contributed by atoms with Gasteiger partial charge >= 0.3 is 0 Å². The second kappa shape index (κ2) is 9.65. The van der Waals surface area contributed by atoms with Crippen LogP contribution in [0.4, 0.5) is 4.39 Å². The van der Waals surface area contributed by atoms with Gasteiger partial charge in [-0.1, -0.05) is 48.7 Å². The van der Waals surface area contributed by atoms with E-state index in [0.717, 1.165) is 49.2 Å². The maximum absolute atomic E-state index is 13.3. The van der Waals surface area contributed by atoms with Crippen molar-refractivity contribution in [1.29, 1.82) is 0 Å². The molecule has 1 aliphatic heterocycles. The highest BCUT2D eigenvalue weighted by Gasteiger charge is 2.33. The van der Waals surface area contributed by atoms with Gasteiger partial charge in [0.15, 0.2) is 5.82 Å². The van der Waals surface area contributed by atoms with Crippen molar-refractivity contribution >= 4 is 11.6 Å². The van der Waals surface area contributed by atoms with Crippen molar-refractivity contribution in [2.45, 2.75) is 44.3 Å². The van der Waals surface area contributed by atoms with Crippen LogP contribution in [0.1, 0.15) is 48.7 Å². The van der Waals surface area contributed by atoms with E-state index in [9.17, 15) is 4.39 Å². The second-order valence-electron chi connectivity index (χ2n) is 8.79. The zero-order chi connectivity index (χ0) is 21.9. The summed E-state index contributed by atoms with van der Waals surface area (Å²) in [4.78, 5) is 5.13. The minimum absolute atomic E-state index is 0.0616. The highest BCUT2D eigenvalue weighted by atomic mass is 35.5. The van der Waals surface area contributed by atoms with Gasteiger partial charge in [-0.2, -0.15) is 0 Å². The average Bonchev–Trinajstić information content (AvgIpc) is 3.50. The smallest absolute Gasteiger partial charge is 0.173 e. The number of rotatable bonds is 6. The topological polar surface area (TPSA) is 50.1 Å². The van der Waals surface area contributed by atoms with Crippen LogP contribution in [0.3, 0.4) is 0 Å². The van der Waals surface area contributed by atoms with Crippen LogP contribution in [0.15, 0.2) is 48.5 Å². The third-order valence-corrected chi connectivity index (χ3v) is 7.04. The molecule has 2 fully saturated rings. The predicted molar refractivity (Wildman–Crippen MR) is 122 cm³/mol. The number of tetrazole rings is 1. The quantitative estimate of drug-likeness (QED) is 0.559. The Morgan fingerprint density at radius 3 is 2.31 bits per heavy atom. The Labute approximate surface area is 193 Å². The van der Waals surface area contributed by atoms with Gasteiger partial charge in [0.1, 0.15) is 5.82 Å². The highest BCUT2D eigenvalue weighted by Crippen LogP contribution is 2.31. The summed E-state index contributed by atoms with van der Waals surface area (Å²) in [5.74, 6) is 0.552. The molecule has 1 aliphatic carbocycles. The first-order chi connectivity index (χ1) is 15.7. The molecule has 0 N–H and O–H groups in total. The molecule has 1 saturated carbocycles. The summed E-state index contributed by atoms with van der Waals surface area (Å²) >= 11 is 6.17. The fraction of sp³-hybridized carbons (Fsp3) is 0.458. The summed E-state index contributed by atoms with van der Waals surface area (Å²) < 4.78 is 15.2. The van der Waals surface area contributed by atoms with E-state index in [0.29, 0.717) is 11.6 Å². The van der Waals surface area contributed by atoms with Gasteiger partial charge in [-0.15, -0.1) is 5.10 Å². The molecule has 1 aromatic heterocycles. The molecule has 0 spiro atoms.